The second kappa shape index (κ2) is 13.6. The van der Waals surface area contributed by atoms with E-state index in [4.69, 9.17) is 0 Å². The molecule has 1 unspecified atom stereocenters. The van der Waals surface area contributed by atoms with Gasteiger partial charge in [0, 0.05) is 12.6 Å². The van der Waals surface area contributed by atoms with Crippen molar-refractivity contribution in [3.05, 3.63) is 35.4 Å². The van der Waals surface area contributed by atoms with E-state index in [0.29, 0.717) is 6.04 Å². The van der Waals surface area contributed by atoms with E-state index in [1.807, 2.05) is 0 Å². The van der Waals surface area contributed by atoms with Crippen molar-refractivity contribution < 1.29 is 0 Å². The molecule has 1 aliphatic rings. The van der Waals surface area contributed by atoms with Gasteiger partial charge in [0.2, 0.25) is 0 Å². The van der Waals surface area contributed by atoms with Gasteiger partial charge in [0.05, 0.1) is 0 Å². The summed E-state index contributed by atoms with van der Waals surface area (Å²) in [6, 6.07) is 9.41. The first-order chi connectivity index (χ1) is 8.73. The molecule has 1 atom stereocenters. The van der Waals surface area contributed by atoms with Crippen molar-refractivity contribution in [2.75, 3.05) is 0 Å². The molecule has 112 valence electrons. The van der Waals surface area contributed by atoms with Crippen molar-refractivity contribution in [1.29, 1.82) is 0 Å². The summed E-state index contributed by atoms with van der Waals surface area (Å²) in [7, 11) is 0. The highest BCUT2D eigenvalue weighted by atomic mass is 14.9. The molecule has 0 saturated carbocycles. The van der Waals surface area contributed by atoms with E-state index in [0.717, 1.165) is 6.54 Å². The van der Waals surface area contributed by atoms with Crippen LogP contribution in [0.25, 0.3) is 0 Å². The van der Waals surface area contributed by atoms with Crippen LogP contribution in [0, 0.1) is 0 Å². The van der Waals surface area contributed by atoms with Gasteiger partial charge < -0.3 is 5.32 Å². The highest BCUT2D eigenvalue weighted by molar-refractivity contribution is 5.29. The molecule has 1 heteroatoms. The molecule has 0 spiro atoms. The van der Waals surface area contributed by atoms with E-state index in [1.165, 1.54) is 36.8 Å². The molecule has 0 bridgehead atoms. The third-order valence-corrected chi connectivity index (χ3v) is 2.66. The third-order valence-electron chi connectivity index (χ3n) is 2.66. The van der Waals surface area contributed by atoms with Gasteiger partial charge in [0.15, 0.2) is 0 Å². The maximum Gasteiger partial charge on any atom is 0.0210 e. The number of fused-ring (bicyclic) bond motifs is 1. The summed E-state index contributed by atoms with van der Waals surface area (Å²) in [6.07, 6.45) is 4.93. The number of hydrogen-bond acceptors (Lipinski definition) is 1. The smallest absolute Gasteiger partial charge is 0.0210 e. The van der Waals surface area contributed by atoms with Crippen LogP contribution in [-0.2, 0) is 13.0 Å². The minimum atomic E-state index is 0. The molecule has 1 aromatic carbocycles. The van der Waals surface area contributed by atoms with Gasteiger partial charge in [-0.05, 0) is 24.0 Å². The van der Waals surface area contributed by atoms with E-state index in [9.17, 15) is 0 Å². The number of rotatable bonds is 1. The molecule has 1 nitrogen and oxygen atoms in total. The first kappa shape index (κ1) is 20.5. The molecule has 1 N–H and O–H groups in total. The van der Waals surface area contributed by atoms with Crippen LogP contribution in [0.4, 0.5) is 0 Å². The summed E-state index contributed by atoms with van der Waals surface area (Å²) in [5, 5.41) is 3.52. The Hall–Kier alpha value is -0.820. The minimum absolute atomic E-state index is 0. The largest absolute Gasteiger partial charge is 0.310 e. The Morgan fingerprint density at radius 1 is 0.947 bits per heavy atom. The monoisotopic (exact) mass is 265 g/mol. The third kappa shape index (κ3) is 8.83. The Balaban J connectivity index is 0. The zero-order valence-electron chi connectivity index (χ0n) is 12.9. The van der Waals surface area contributed by atoms with Gasteiger partial charge in [-0.2, -0.15) is 0 Å². The van der Waals surface area contributed by atoms with Gasteiger partial charge >= 0.3 is 0 Å². The van der Waals surface area contributed by atoms with Crippen molar-refractivity contribution in [3.63, 3.8) is 0 Å². The molecule has 2 rings (SSSR count). The van der Waals surface area contributed by atoms with Gasteiger partial charge in [-0.3, -0.25) is 0 Å². The summed E-state index contributed by atoms with van der Waals surface area (Å²) in [5.74, 6) is 0. The van der Waals surface area contributed by atoms with Crippen LogP contribution in [0.3, 0.4) is 0 Å². The van der Waals surface area contributed by atoms with E-state index in [2.05, 4.69) is 64.2 Å². The Morgan fingerprint density at radius 3 is 1.89 bits per heavy atom. The average molecular weight is 265 g/mol. The molecular weight excluding hydrogens is 230 g/mol. The molecule has 1 aromatic rings. The molecule has 19 heavy (non-hydrogen) atoms. The summed E-state index contributed by atoms with van der Waals surface area (Å²) in [6.45, 7) is 11.8. The van der Waals surface area contributed by atoms with E-state index < -0.39 is 0 Å². The highest BCUT2D eigenvalue weighted by Crippen LogP contribution is 2.17. The number of nitrogens with one attached hydrogen (secondary N) is 1. The second-order valence-electron chi connectivity index (χ2n) is 4.87. The second-order valence-corrected chi connectivity index (χ2v) is 4.87. The molecule has 0 aromatic heterocycles. The highest BCUT2D eigenvalue weighted by Gasteiger charge is 2.14. The Bertz CT molecular complexity index is 291. The zero-order chi connectivity index (χ0) is 13.8. The van der Waals surface area contributed by atoms with Gasteiger partial charge in [-0.1, -0.05) is 79.2 Å². The molecule has 0 saturated heterocycles. The quantitative estimate of drug-likeness (QED) is 0.699. The Kier molecular flexibility index (Phi) is 14.7. The van der Waals surface area contributed by atoms with Crippen LogP contribution in [0.2, 0.25) is 0 Å². The van der Waals surface area contributed by atoms with Crippen LogP contribution < -0.4 is 5.32 Å². The molecular formula is C18H35N. The predicted molar refractivity (Wildman–Crippen MR) is 89.7 cm³/mol. The fraction of sp³-hybridized carbons (Fsp3) is 0.667. The van der Waals surface area contributed by atoms with E-state index in [1.54, 1.807) is 0 Å². The fourth-order valence-corrected chi connectivity index (χ4v) is 1.81. The van der Waals surface area contributed by atoms with Gasteiger partial charge in [-0.15, -0.1) is 0 Å². The maximum atomic E-state index is 3.52. The van der Waals surface area contributed by atoms with Gasteiger partial charge in [0.25, 0.3) is 0 Å². The summed E-state index contributed by atoms with van der Waals surface area (Å²) in [5.41, 5.74) is 3.00. The average Bonchev–Trinajstić information content (AvgIpc) is 2.40. The van der Waals surface area contributed by atoms with Crippen LogP contribution in [-0.4, -0.2) is 6.04 Å². The standard InChI is InChI=1S/C11H15N.2C3H8.CH4/c1-2-11-7-9-5-3-4-6-10(9)8-12-11;2*1-3-2;/h3-6,11-12H,2,7-8H2,1H3;2*3H2,1-2H3;1H4. The number of hydrogen-bond donors (Lipinski definition) is 1. The predicted octanol–water partition coefficient (Wildman–Crippen LogP) is 5.58. The molecule has 1 aliphatic heterocycles. The zero-order valence-corrected chi connectivity index (χ0v) is 12.9. The Morgan fingerprint density at radius 2 is 1.42 bits per heavy atom. The normalized spacial score (nSPS) is 15.7. The summed E-state index contributed by atoms with van der Waals surface area (Å²) in [4.78, 5) is 0. The van der Waals surface area contributed by atoms with Crippen LogP contribution >= 0.6 is 0 Å². The van der Waals surface area contributed by atoms with Crippen molar-refractivity contribution in [2.45, 2.75) is 80.3 Å². The summed E-state index contributed by atoms with van der Waals surface area (Å²) >= 11 is 0. The lowest BCUT2D eigenvalue weighted by molar-refractivity contribution is 0.468. The van der Waals surface area contributed by atoms with E-state index in [-0.39, 0.29) is 7.43 Å². The number of benzene rings is 1. The van der Waals surface area contributed by atoms with Crippen molar-refractivity contribution in [2.24, 2.45) is 0 Å². The Labute approximate surface area is 121 Å². The van der Waals surface area contributed by atoms with Gasteiger partial charge in [-0.25, -0.2) is 0 Å². The SMILES string of the molecule is C.CCC.CCC.CCC1Cc2ccccc2CN1. The lowest BCUT2D eigenvalue weighted by Crippen LogP contribution is -2.34. The van der Waals surface area contributed by atoms with Gasteiger partial charge in [0.1, 0.15) is 0 Å². The van der Waals surface area contributed by atoms with E-state index >= 15 is 0 Å². The van der Waals surface area contributed by atoms with Crippen LogP contribution in [0.15, 0.2) is 24.3 Å². The van der Waals surface area contributed by atoms with Crippen molar-refractivity contribution in [1.82, 2.24) is 5.32 Å². The first-order valence-electron chi connectivity index (χ1n) is 7.53. The molecule has 1 heterocycles. The minimum Gasteiger partial charge on any atom is -0.310 e. The fourth-order valence-electron chi connectivity index (χ4n) is 1.81. The molecule has 0 aliphatic carbocycles. The molecule has 0 radical (unpaired) electrons. The first-order valence-corrected chi connectivity index (χ1v) is 7.53. The lowest BCUT2D eigenvalue weighted by atomic mass is 9.95. The molecule has 0 amide bonds. The van der Waals surface area contributed by atoms with Crippen molar-refractivity contribution >= 4 is 0 Å². The summed E-state index contributed by atoms with van der Waals surface area (Å²) < 4.78 is 0. The van der Waals surface area contributed by atoms with Crippen LogP contribution in [0.1, 0.15) is 72.4 Å². The van der Waals surface area contributed by atoms with Crippen LogP contribution in [0.5, 0.6) is 0 Å². The molecule has 0 fully saturated rings. The maximum absolute atomic E-state index is 3.52. The topological polar surface area (TPSA) is 12.0 Å². The van der Waals surface area contributed by atoms with Crippen molar-refractivity contribution in [3.8, 4) is 0 Å². The lowest BCUT2D eigenvalue weighted by Gasteiger charge is -2.24.